The predicted octanol–water partition coefficient (Wildman–Crippen LogP) is 1.89. The molecule has 1 aromatic carbocycles. The summed E-state index contributed by atoms with van der Waals surface area (Å²) in [5.74, 6) is -0.896. The van der Waals surface area contributed by atoms with Crippen molar-refractivity contribution in [2.45, 2.75) is 19.6 Å². The summed E-state index contributed by atoms with van der Waals surface area (Å²) in [6.07, 6.45) is 1.59. The molecule has 0 radical (unpaired) electrons. The van der Waals surface area contributed by atoms with Crippen LogP contribution in [0.2, 0.25) is 0 Å². The van der Waals surface area contributed by atoms with E-state index >= 15 is 0 Å². The second kappa shape index (κ2) is 4.26. The number of hydrogen-bond acceptors (Lipinski definition) is 5. The molecule has 0 fully saturated rings. The summed E-state index contributed by atoms with van der Waals surface area (Å²) >= 11 is 0. The summed E-state index contributed by atoms with van der Waals surface area (Å²) < 4.78 is 11.0. The standard InChI is InChI=1S/C14H14N2O4/c1-14(2)19-11-6-4-5-9(12(11)13(17)20-14)10-7-8-15-16(10)18-3/h4-8H,1-3H3. The van der Waals surface area contributed by atoms with Gasteiger partial charge in [0.15, 0.2) is 0 Å². The van der Waals surface area contributed by atoms with Crippen molar-refractivity contribution in [3.63, 3.8) is 0 Å². The molecule has 6 heteroatoms. The third kappa shape index (κ3) is 1.89. The SMILES string of the molecule is COn1nccc1-c1cccc2c1C(=O)OC(C)(C)O2. The minimum Gasteiger partial charge on any atom is -0.452 e. The van der Waals surface area contributed by atoms with E-state index in [-0.39, 0.29) is 0 Å². The maximum atomic E-state index is 12.2. The Bertz CT molecular complexity index is 676. The second-order valence-corrected chi connectivity index (χ2v) is 4.84. The molecule has 0 amide bonds. The topological polar surface area (TPSA) is 62.6 Å². The summed E-state index contributed by atoms with van der Waals surface area (Å²) in [6.45, 7) is 3.39. The van der Waals surface area contributed by atoms with Crippen molar-refractivity contribution in [2.75, 3.05) is 7.11 Å². The highest BCUT2D eigenvalue weighted by Gasteiger charge is 2.36. The summed E-state index contributed by atoms with van der Waals surface area (Å²) in [6, 6.07) is 7.12. The Kier molecular flexibility index (Phi) is 2.67. The van der Waals surface area contributed by atoms with Crippen LogP contribution in [0.5, 0.6) is 5.75 Å². The molecule has 6 nitrogen and oxygen atoms in total. The van der Waals surface area contributed by atoms with Crippen LogP contribution < -0.4 is 9.57 Å². The predicted molar refractivity (Wildman–Crippen MR) is 70.3 cm³/mol. The molecule has 0 spiro atoms. The smallest absolute Gasteiger partial charge is 0.345 e. The number of cyclic esters (lactones) is 1. The van der Waals surface area contributed by atoms with Gasteiger partial charge in [0.05, 0.1) is 6.20 Å². The number of carbonyl (C=O) groups is 1. The van der Waals surface area contributed by atoms with Gasteiger partial charge in [0.1, 0.15) is 24.1 Å². The molecule has 0 unspecified atom stereocenters. The number of fused-ring (bicyclic) bond motifs is 1. The van der Waals surface area contributed by atoms with Crippen LogP contribution in [-0.2, 0) is 4.74 Å². The number of aromatic nitrogens is 2. The zero-order valence-electron chi connectivity index (χ0n) is 11.4. The molecule has 0 bridgehead atoms. The van der Waals surface area contributed by atoms with E-state index in [1.54, 1.807) is 38.2 Å². The molecule has 0 saturated carbocycles. The monoisotopic (exact) mass is 274 g/mol. The summed E-state index contributed by atoms with van der Waals surface area (Å²) in [5, 5.41) is 4.02. The number of esters is 1. The normalized spacial score (nSPS) is 16.1. The van der Waals surface area contributed by atoms with Crippen LogP contribution in [0.25, 0.3) is 11.3 Å². The van der Waals surface area contributed by atoms with Crippen molar-refractivity contribution in [3.05, 3.63) is 36.0 Å². The van der Waals surface area contributed by atoms with Gasteiger partial charge < -0.3 is 14.3 Å². The third-order valence-electron chi connectivity index (χ3n) is 2.98. The fraction of sp³-hybridized carbons (Fsp3) is 0.286. The molecule has 1 aliphatic rings. The van der Waals surface area contributed by atoms with E-state index in [2.05, 4.69) is 5.10 Å². The van der Waals surface area contributed by atoms with Crippen LogP contribution in [0.15, 0.2) is 30.5 Å². The van der Waals surface area contributed by atoms with Gasteiger partial charge in [0, 0.05) is 19.4 Å². The second-order valence-electron chi connectivity index (χ2n) is 4.84. The summed E-state index contributed by atoms with van der Waals surface area (Å²) in [7, 11) is 1.50. The Labute approximate surface area is 115 Å². The molecule has 2 aromatic rings. The first-order valence-corrected chi connectivity index (χ1v) is 6.16. The van der Waals surface area contributed by atoms with Gasteiger partial charge in [-0.25, -0.2) is 4.79 Å². The molecule has 2 heterocycles. The van der Waals surface area contributed by atoms with Crippen LogP contribution in [0.3, 0.4) is 0 Å². The van der Waals surface area contributed by atoms with Gasteiger partial charge in [-0.2, -0.15) is 0 Å². The quantitative estimate of drug-likeness (QED) is 0.783. The lowest BCUT2D eigenvalue weighted by Gasteiger charge is -2.32. The zero-order valence-corrected chi connectivity index (χ0v) is 11.4. The van der Waals surface area contributed by atoms with E-state index in [1.807, 2.05) is 6.07 Å². The van der Waals surface area contributed by atoms with Crippen LogP contribution in [0.1, 0.15) is 24.2 Å². The van der Waals surface area contributed by atoms with Gasteiger partial charge in [0.25, 0.3) is 0 Å². The number of nitrogens with zero attached hydrogens (tertiary/aromatic N) is 2. The van der Waals surface area contributed by atoms with Gasteiger partial charge in [0.2, 0.25) is 5.79 Å². The van der Waals surface area contributed by atoms with Crippen molar-refractivity contribution in [1.29, 1.82) is 0 Å². The fourth-order valence-electron chi connectivity index (χ4n) is 2.23. The molecule has 0 N–H and O–H groups in total. The molecule has 1 aliphatic heterocycles. The lowest BCUT2D eigenvalue weighted by atomic mass is 10.0. The minimum absolute atomic E-state index is 0.380. The number of hydrogen-bond donors (Lipinski definition) is 0. The highest BCUT2D eigenvalue weighted by Crippen LogP contribution is 2.37. The fourth-order valence-corrected chi connectivity index (χ4v) is 2.23. The largest absolute Gasteiger partial charge is 0.452 e. The summed E-state index contributed by atoms with van der Waals surface area (Å²) in [5.41, 5.74) is 1.69. The lowest BCUT2D eigenvalue weighted by Crippen LogP contribution is -2.39. The average molecular weight is 274 g/mol. The minimum atomic E-state index is -0.968. The van der Waals surface area contributed by atoms with Crippen molar-refractivity contribution in [1.82, 2.24) is 9.94 Å². The van der Waals surface area contributed by atoms with E-state index in [4.69, 9.17) is 14.3 Å². The number of rotatable bonds is 2. The van der Waals surface area contributed by atoms with Crippen molar-refractivity contribution < 1.29 is 19.1 Å². The van der Waals surface area contributed by atoms with E-state index in [0.717, 1.165) is 0 Å². The molecule has 1 aromatic heterocycles. The van der Waals surface area contributed by atoms with E-state index in [0.29, 0.717) is 22.6 Å². The average Bonchev–Trinajstić information content (AvgIpc) is 2.84. The van der Waals surface area contributed by atoms with Gasteiger partial charge in [-0.15, -0.1) is 5.10 Å². The molecule has 20 heavy (non-hydrogen) atoms. The molecule has 0 aliphatic carbocycles. The van der Waals surface area contributed by atoms with Gasteiger partial charge >= 0.3 is 5.97 Å². The van der Waals surface area contributed by atoms with Gasteiger partial charge in [-0.3, -0.25) is 0 Å². The molecular weight excluding hydrogens is 260 g/mol. The highest BCUT2D eigenvalue weighted by atomic mass is 16.7. The third-order valence-corrected chi connectivity index (χ3v) is 2.98. The molecular formula is C14H14N2O4. The first-order chi connectivity index (χ1) is 9.52. The summed E-state index contributed by atoms with van der Waals surface area (Å²) in [4.78, 5) is 18.7. The number of carbonyl (C=O) groups excluding carboxylic acids is 1. The Morgan fingerprint density at radius 2 is 2.05 bits per heavy atom. The molecule has 3 rings (SSSR count). The number of ether oxygens (including phenoxy) is 2. The zero-order chi connectivity index (χ0) is 14.3. The Hall–Kier alpha value is -2.50. The first kappa shape index (κ1) is 12.5. The van der Waals surface area contributed by atoms with Crippen LogP contribution in [-0.4, -0.2) is 28.8 Å². The highest BCUT2D eigenvalue weighted by molar-refractivity contribution is 6.00. The maximum absolute atomic E-state index is 12.2. The van der Waals surface area contributed by atoms with E-state index in [1.165, 1.54) is 12.0 Å². The van der Waals surface area contributed by atoms with Crippen LogP contribution >= 0.6 is 0 Å². The number of benzene rings is 1. The molecule has 0 saturated heterocycles. The van der Waals surface area contributed by atoms with Crippen LogP contribution in [0, 0.1) is 0 Å². The van der Waals surface area contributed by atoms with E-state index in [9.17, 15) is 4.79 Å². The maximum Gasteiger partial charge on any atom is 0.345 e. The van der Waals surface area contributed by atoms with Crippen molar-refractivity contribution in [2.24, 2.45) is 0 Å². The first-order valence-electron chi connectivity index (χ1n) is 6.16. The molecule has 0 atom stereocenters. The van der Waals surface area contributed by atoms with Crippen molar-refractivity contribution in [3.8, 4) is 17.0 Å². The van der Waals surface area contributed by atoms with Crippen molar-refractivity contribution >= 4 is 5.97 Å². The van der Waals surface area contributed by atoms with Gasteiger partial charge in [-0.05, 0) is 12.1 Å². The Balaban J connectivity index is 2.18. The Morgan fingerprint density at radius 1 is 1.25 bits per heavy atom. The molecule has 104 valence electrons. The van der Waals surface area contributed by atoms with Gasteiger partial charge in [-0.1, -0.05) is 17.0 Å². The Morgan fingerprint density at radius 3 is 2.80 bits per heavy atom. The van der Waals surface area contributed by atoms with Crippen LogP contribution in [0.4, 0.5) is 0 Å². The van der Waals surface area contributed by atoms with E-state index < -0.39 is 11.8 Å². The lowest BCUT2D eigenvalue weighted by molar-refractivity contribution is -0.127.